The summed E-state index contributed by atoms with van der Waals surface area (Å²) in [5, 5.41) is 10.8. The lowest BCUT2D eigenvalue weighted by Crippen LogP contribution is -2.18. The fourth-order valence-corrected chi connectivity index (χ4v) is 3.53. The van der Waals surface area contributed by atoms with Gasteiger partial charge in [0.05, 0.1) is 34.8 Å². The summed E-state index contributed by atoms with van der Waals surface area (Å²) >= 11 is 4.96. The Labute approximate surface area is 162 Å². The van der Waals surface area contributed by atoms with Crippen molar-refractivity contribution in [3.8, 4) is 22.1 Å². The summed E-state index contributed by atoms with van der Waals surface area (Å²) in [6, 6.07) is 10.9. The van der Waals surface area contributed by atoms with Crippen molar-refractivity contribution in [2.45, 2.75) is 0 Å². The van der Waals surface area contributed by atoms with E-state index < -0.39 is 5.91 Å². The van der Waals surface area contributed by atoms with Gasteiger partial charge in [-0.3, -0.25) is 9.89 Å². The quantitative estimate of drug-likeness (QED) is 0.457. The third-order valence-electron chi connectivity index (χ3n) is 3.44. The number of rotatable bonds is 6. The number of amides is 1. The van der Waals surface area contributed by atoms with E-state index in [0.29, 0.717) is 11.5 Å². The van der Waals surface area contributed by atoms with Crippen LogP contribution in [0.5, 0.6) is 11.5 Å². The zero-order valence-electron chi connectivity index (χ0n) is 13.9. The molecule has 0 aliphatic rings. The highest BCUT2D eigenvalue weighted by molar-refractivity contribution is 9.11. The van der Waals surface area contributed by atoms with Crippen LogP contribution in [-0.2, 0) is 0 Å². The minimum absolute atomic E-state index is 0.258. The number of nitrogens with zero attached hydrogens (tertiary/aromatic N) is 2. The van der Waals surface area contributed by atoms with Crippen LogP contribution in [0, 0.1) is 0 Å². The zero-order valence-corrected chi connectivity index (χ0v) is 16.3. The number of thiophene rings is 1. The smallest absolute Gasteiger partial charge is 0.291 e. The lowest BCUT2D eigenvalue weighted by atomic mass is 10.2. The number of carbonyl (C=O) groups excluding carboxylic acids is 1. The molecular weight excluding hydrogens is 420 g/mol. The van der Waals surface area contributed by atoms with Crippen LogP contribution >= 0.6 is 27.3 Å². The van der Waals surface area contributed by atoms with Crippen LogP contribution in [0.4, 0.5) is 0 Å². The predicted octanol–water partition coefficient (Wildman–Crippen LogP) is 3.68. The molecule has 134 valence electrons. The standard InChI is InChI=1S/C17H15BrN4O3S/c1-24-13-4-3-10(7-14(13)25-2)9-19-22-17(23)12-8-11(20-21-12)15-5-6-16(18)26-15/h3-9H,1-2H3,(H,20,21)(H,22,23). The Morgan fingerprint density at radius 3 is 2.73 bits per heavy atom. The van der Waals surface area contributed by atoms with E-state index in [1.54, 1.807) is 49.8 Å². The van der Waals surface area contributed by atoms with Crippen molar-refractivity contribution in [3.05, 3.63) is 51.4 Å². The molecule has 9 heteroatoms. The molecule has 0 spiro atoms. The lowest BCUT2D eigenvalue weighted by Gasteiger charge is -2.07. The number of aromatic nitrogens is 2. The third kappa shape index (κ3) is 4.12. The molecule has 0 fully saturated rings. The maximum Gasteiger partial charge on any atom is 0.291 e. The van der Waals surface area contributed by atoms with Gasteiger partial charge in [0.15, 0.2) is 17.2 Å². The number of halogens is 1. The van der Waals surface area contributed by atoms with Crippen LogP contribution in [0.2, 0.25) is 0 Å². The minimum atomic E-state index is -0.403. The fraction of sp³-hybridized carbons (Fsp3) is 0.118. The maximum atomic E-state index is 12.2. The van der Waals surface area contributed by atoms with E-state index in [4.69, 9.17) is 9.47 Å². The summed E-state index contributed by atoms with van der Waals surface area (Å²) in [5.41, 5.74) is 4.24. The van der Waals surface area contributed by atoms with Crippen LogP contribution in [0.3, 0.4) is 0 Å². The van der Waals surface area contributed by atoms with Gasteiger partial charge in [-0.15, -0.1) is 11.3 Å². The molecule has 1 aromatic carbocycles. The van der Waals surface area contributed by atoms with Crippen LogP contribution in [0.25, 0.3) is 10.6 Å². The Bertz CT molecular complexity index is 951. The zero-order chi connectivity index (χ0) is 18.5. The van der Waals surface area contributed by atoms with Crippen molar-refractivity contribution in [2.75, 3.05) is 14.2 Å². The van der Waals surface area contributed by atoms with Crippen molar-refractivity contribution < 1.29 is 14.3 Å². The topological polar surface area (TPSA) is 88.6 Å². The van der Waals surface area contributed by atoms with Gasteiger partial charge in [0.2, 0.25) is 0 Å². The van der Waals surface area contributed by atoms with Gasteiger partial charge in [0, 0.05) is 0 Å². The summed E-state index contributed by atoms with van der Waals surface area (Å²) < 4.78 is 11.4. The molecule has 0 saturated heterocycles. The van der Waals surface area contributed by atoms with E-state index in [-0.39, 0.29) is 5.69 Å². The number of hydrogen-bond donors (Lipinski definition) is 2. The van der Waals surface area contributed by atoms with Crippen LogP contribution < -0.4 is 14.9 Å². The molecule has 1 amide bonds. The Kier molecular flexibility index (Phi) is 5.69. The second-order valence-electron chi connectivity index (χ2n) is 5.08. The van der Waals surface area contributed by atoms with E-state index >= 15 is 0 Å². The number of methoxy groups -OCH3 is 2. The minimum Gasteiger partial charge on any atom is -0.493 e. The molecule has 7 nitrogen and oxygen atoms in total. The van der Waals surface area contributed by atoms with Gasteiger partial charge in [-0.05, 0) is 57.9 Å². The summed E-state index contributed by atoms with van der Waals surface area (Å²) in [6.07, 6.45) is 1.52. The van der Waals surface area contributed by atoms with Gasteiger partial charge in [0.1, 0.15) is 0 Å². The summed E-state index contributed by atoms with van der Waals surface area (Å²) in [6.45, 7) is 0. The number of ether oxygens (including phenoxy) is 2. The molecule has 0 radical (unpaired) electrons. The first-order valence-electron chi connectivity index (χ1n) is 7.47. The van der Waals surface area contributed by atoms with Crippen molar-refractivity contribution in [2.24, 2.45) is 5.10 Å². The van der Waals surface area contributed by atoms with Gasteiger partial charge in [-0.2, -0.15) is 10.2 Å². The largest absolute Gasteiger partial charge is 0.493 e. The molecular formula is C17H15BrN4O3S. The Balaban J connectivity index is 1.65. The third-order valence-corrected chi connectivity index (χ3v) is 5.09. The average molecular weight is 435 g/mol. The Morgan fingerprint density at radius 1 is 1.23 bits per heavy atom. The van der Waals surface area contributed by atoms with Crippen LogP contribution in [0.15, 0.2) is 45.3 Å². The predicted molar refractivity (Wildman–Crippen MR) is 104 cm³/mol. The SMILES string of the molecule is COc1ccc(C=NNC(=O)c2cc(-c3ccc(Br)s3)[nH]n2)cc1OC. The van der Waals surface area contributed by atoms with E-state index in [9.17, 15) is 4.79 Å². The lowest BCUT2D eigenvalue weighted by molar-refractivity contribution is 0.0950. The van der Waals surface area contributed by atoms with Gasteiger partial charge < -0.3 is 9.47 Å². The number of aromatic amines is 1. The van der Waals surface area contributed by atoms with Crippen molar-refractivity contribution in [3.63, 3.8) is 0 Å². The van der Waals surface area contributed by atoms with Crippen molar-refractivity contribution in [1.29, 1.82) is 0 Å². The molecule has 2 heterocycles. The Morgan fingerprint density at radius 2 is 2.04 bits per heavy atom. The second-order valence-corrected chi connectivity index (χ2v) is 7.55. The fourth-order valence-electron chi connectivity index (χ4n) is 2.18. The molecule has 0 saturated carbocycles. The molecule has 2 aromatic heterocycles. The summed E-state index contributed by atoms with van der Waals surface area (Å²) in [7, 11) is 3.13. The highest BCUT2D eigenvalue weighted by atomic mass is 79.9. The Hall–Kier alpha value is -2.65. The van der Waals surface area contributed by atoms with Crippen molar-refractivity contribution in [1.82, 2.24) is 15.6 Å². The summed E-state index contributed by atoms with van der Waals surface area (Å²) in [5.74, 6) is 0.805. The molecule has 26 heavy (non-hydrogen) atoms. The van der Waals surface area contributed by atoms with E-state index in [2.05, 4.69) is 36.7 Å². The van der Waals surface area contributed by atoms with Crippen LogP contribution in [0.1, 0.15) is 16.1 Å². The molecule has 0 bridgehead atoms. The maximum absolute atomic E-state index is 12.2. The normalized spacial score (nSPS) is 10.9. The first-order valence-corrected chi connectivity index (χ1v) is 9.08. The number of benzene rings is 1. The highest BCUT2D eigenvalue weighted by Gasteiger charge is 2.12. The summed E-state index contributed by atoms with van der Waals surface area (Å²) in [4.78, 5) is 13.1. The number of hydrogen-bond acceptors (Lipinski definition) is 6. The molecule has 0 unspecified atom stereocenters. The molecule has 0 atom stereocenters. The first kappa shape index (κ1) is 18.2. The first-order chi connectivity index (χ1) is 12.6. The van der Waals surface area contributed by atoms with Gasteiger partial charge in [0.25, 0.3) is 5.91 Å². The average Bonchev–Trinajstić information content (AvgIpc) is 3.30. The van der Waals surface area contributed by atoms with E-state index in [1.165, 1.54) is 6.21 Å². The molecule has 3 rings (SSSR count). The molecule has 2 N–H and O–H groups in total. The van der Waals surface area contributed by atoms with Gasteiger partial charge >= 0.3 is 0 Å². The molecule has 0 aliphatic carbocycles. The highest BCUT2D eigenvalue weighted by Crippen LogP contribution is 2.30. The van der Waals surface area contributed by atoms with Crippen molar-refractivity contribution >= 4 is 39.4 Å². The second kappa shape index (κ2) is 8.15. The van der Waals surface area contributed by atoms with Gasteiger partial charge in [-0.25, -0.2) is 5.43 Å². The molecule has 0 aliphatic heterocycles. The van der Waals surface area contributed by atoms with Gasteiger partial charge in [-0.1, -0.05) is 0 Å². The number of H-pyrrole nitrogens is 1. The number of hydrazone groups is 1. The number of nitrogens with one attached hydrogen (secondary N) is 2. The van der Waals surface area contributed by atoms with E-state index in [1.807, 2.05) is 12.1 Å². The van der Waals surface area contributed by atoms with Crippen LogP contribution in [-0.4, -0.2) is 36.5 Å². The monoisotopic (exact) mass is 434 g/mol. The van der Waals surface area contributed by atoms with E-state index in [0.717, 1.165) is 19.9 Å². The number of carbonyl (C=O) groups is 1. The molecule has 3 aromatic rings.